The Morgan fingerprint density at radius 1 is 1.03 bits per heavy atom. The number of nitrogens with one attached hydrogen (secondary N) is 1. The molecule has 1 aromatic heterocycles. The zero-order valence-electron chi connectivity index (χ0n) is 20.3. The molecule has 0 saturated carbocycles. The van der Waals surface area contributed by atoms with Gasteiger partial charge < -0.3 is 9.15 Å². The van der Waals surface area contributed by atoms with Crippen molar-refractivity contribution in [1.82, 2.24) is 10.3 Å². The molecule has 1 N–H and O–H groups in total. The van der Waals surface area contributed by atoms with E-state index in [-0.39, 0.29) is 17.0 Å². The van der Waals surface area contributed by atoms with Gasteiger partial charge in [0.2, 0.25) is 0 Å². The maximum absolute atomic E-state index is 12.9. The van der Waals surface area contributed by atoms with Crippen LogP contribution in [0.15, 0.2) is 105 Å². The third kappa shape index (κ3) is 3.88. The van der Waals surface area contributed by atoms with Crippen LogP contribution < -0.4 is 10.1 Å². The van der Waals surface area contributed by atoms with Crippen molar-refractivity contribution in [3.8, 4) is 17.1 Å². The summed E-state index contributed by atoms with van der Waals surface area (Å²) >= 11 is 1.02. The summed E-state index contributed by atoms with van der Waals surface area (Å²) in [5.41, 5.74) is 3.46. The lowest BCUT2D eigenvalue weighted by Crippen LogP contribution is -2.61. The number of benzene rings is 3. The first-order valence-electron chi connectivity index (χ1n) is 12.3. The van der Waals surface area contributed by atoms with E-state index in [2.05, 4.69) is 5.32 Å². The van der Waals surface area contributed by atoms with E-state index >= 15 is 0 Å². The van der Waals surface area contributed by atoms with Crippen molar-refractivity contribution >= 4 is 34.5 Å². The molecule has 10 heteroatoms. The van der Waals surface area contributed by atoms with Crippen molar-refractivity contribution in [3.63, 3.8) is 0 Å². The number of carbonyl (C=O) groups excluding carboxylic acids is 1. The first-order chi connectivity index (χ1) is 19.0. The fourth-order valence-corrected chi connectivity index (χ4v) is 6.05. The second-order valence-electron chi connectivity index (χ2n) is 9.29. The molecule has 192 valence electrons. The summed E-state index contributed by atoms with van der Waals surface area (Å²) in [6.45, 7) is 0. The van der Waals surface area contributed by atoms with Gasteiger partial charge >= 0.3 is 5.85 Å². The van der Waals surface area contributed by atoms with E-state index < -0.39 is 10.8 Å². The number of hydrogen-bond acceptors (Lipinski definition) is 8. The molecular weight excluding hydrogens is 516 g/mol. The number of carbonyl (C=O) groups is 1. The molecule has 3 aliphatic heterocycles. The van der Waals surface area contributed by atoms with Gasteiger partial charge in [-0.15, -0.1) is 0 Å². The molecule has 7 rings (SSSR count). The van der Waals surface area contributed by atoms with Crippen molar-refractivity contribution in [1.29, 1.82) is 0 Å². The lowest BCUT2D eigenvalue weighted by Gasteiger charge is -2.44. The lowest BCUT2D eigenvalue weighted by atomic mass is 9.96. The Hall–Kier alpha value is -4.83. The fourth-order valence-electron chi connectivity index (χ4n) is 5.16. The highest BCUT2D eigenvalue weighted by atomic mass is 32.2. The number of thioether (sulfide) groups is 1. The predicted molar refractivity (Wildman–Crippen MR) is 147 cm³/mol. The van der Waals surface area contributed by atoms with Gasteiger partial charge in [-0.1, -0.05) is 60.7 Å². The van der Waals surface area contributed by atoms with Crippen LogP contribution in [0.3, 0.4) is 0 Å². The van der Waals surface area contributed by atoms with Crippen LogP contribution in [0, 0.1) is 10.1 Å². The van der Waals surface area contributed by atoms with E-state index in [0.29, 0.717) is 34.2 Å². The van der Waals surface area contributed by atoms with Gasteiger partial charge in [0.1, 0.15) is 17.3 Å². The maximum atomic E-state index is 12.9. The minimum Gasteiger partial charge on any atom is -0.457 e. The number of nitro benzene ring substituents is 1. The summed E-state index contributed by atoms with van der Waals surface area (Å²) in [6, 6.07) is 27.4. The molecule has 3 aliphatic rings. The van der Waals surface area contributed by atoms with E-state index in [1.807, 2.05) is 59.6 Å². The van der Waals surface area contributed by atoms with Crippen LogP contribution in [-0.4, -0.2) is 26.7 Å². The summed E-state index contributed by atoms with van der Waals surface area (Å²) in [7, 11) is 0. The molecule has 1 amide bonds. The Morgan fingerprint density at radius 2 is 1.82 bits per heavy atom. The van der Waals surface area contributed by atoms with Crippen LogP contribution in [0.1, 0.15) is 29.3 Å². The topological polar surface area (TPSA) is 110 Å². The number of non-ortho nitro benzene ring substituents is 1. The largest absolute Gasteiger partial charge is 0.457 e. The SMILES string of the molecule is O=C1NC2(Oc3ccccc3C3CC(c4ccccc4)=NN32)C(=Cc2ccc(-c3cccc([N+](=O)[O-])c3)o2)S1. The molecule has 1 saturated heterocycles. The highest BCUT2D eigenvalue weighted by molar-refractivity contribution is 8.17. The fraction of sp³-hybridized carbons (Fsp3) is 0.103. The summed E-state index contributed by atoms with van der Waals surface area (Å²) in [5, 5.41) is 20.8. The normalized spacial score (nSPS) is 22.3. The number of para-hydroxylation sites is 1. The first-order valence-corrected chi connectivity index (χ1v) is 13.1. The highest BCUT2D eigenvalue weighted by Gasteiger charge is 2.58. The van der Waals surface area contributed by atoms with Crippen molar-refractivity contribution in [3.05, 3.63) is 123 Å². The number of nitrogens with zero attached hydrogens (tertiary/aromatic N) is 3. The molecule has 3 aromatic carbocycles. The maximum Gasteiger partial charge on any atom is 0.314 e. The first kappa shape index (κ1) is 23.3. The Morgan fingerprint density at radius 3 is 2.67 bits per heavy atom. The molecule has 1 spiro atoms. The van der Waals surface area contributed by atoms with Gasteiger partial charge in [0, 0.05) is 29.7 Å². The smallest absolute Gasteiger partial charge is 0.314 e. The minimum atomic E-state index is -1.35. The molecular formula is C29H20N4O5S. The number of amides is 1. The van der Waals surface area contributed by atoms with Crippen LogP contribution in [0.2, 0.25) is 0 Å². The van der Waals surface area contributed by atoms with Gasteiger partial charge in [0.25, 0.3) is 10.9 Å². The molecule has 4 aromatic rings. The van der Waals surface area contributed by atoms with E-state index in [1.54, 1.807) is 30.3 Å². The molecule has 0 radical (unpaired) electrons. The summed E-state index contributed by atoms with van der Waals surface area (Å²) in [5.74, 6) is 0.268. The second kappa shape index (κ2) is 8.88. The Bertz CT molecular complexity index is 1700. The summed E-state index contributed by atoms with van der Waals surface area (Å²) in [6.07, 6.45) is 2.40. The van der Waals surface area contributed by atoms with Crippen molar-refractivity contribution in [2.75, 3.05) is 0 Å². The lowest BCUT2D eigenvalue weighted by molar-refractivity contribution is -0.384. The van der Waals surface area contributed by atoms with Crippen LogP contribution in [0.5, 0.6) is 5.75 Å². The molecule has 2 unspecified atom stereocenters. The Balaban J connectivity index is 1.31. The van der Waals surface area contributed by atoms with Gasteiger partial charge in [-0.05, 0) is 41.6 Å². The standard InChI is InChI=1S/C29H20N4O5S/c34-28-30-29(27(39-28)16-21-13-14-25(37-21)19-9-6-10-20(15-19)33(35)36)32-24(22-11-4-5-12-26(22)38-29)17-23(31-32)18-7-2-1-3-8-18/h1-16,24H,17H2,(H,30,34). The molecule has 1 fully saturated rings. The average Bonchev–Trinajstić information content (AvgIpc) is 3.68. The van der Waals surface area contributed by atoms with E-state index in [1.165, 1.54) is 12.1 Å². The van der Waals surface area contributed by atoms with Crippen molar-refractivity contribution in [2.24, 2.45) is 5.10 Å². The quantitative estimate of drug-likeness (QED) is 0.233. The zero-order chi connectivity index (χ0) is 26.6. The van der Waals surface area contributed by atoms with Crippen LogP contribution in [0.25, 0.3) is 17.4 Å². The number of hydrazone groups is 1. The summed E-state index contributed by atoms with van der Waals surface area (Å²) in [4.78, 5) is 24.2. The third-order valence-electron chi connectivity index (χ3n) is 6.93. The molecule has 0 bridgehead atoms. The van der Waals surface area contributed by atoms with E-state index in [0.717, 1.165) is 28.6 Å². The van der Waals surface area contributed by atoms with Crippen LogP contribution >= 0.6 is 11.8 Å². The molecule has 39 heavy (non-hydrogen) atoms. The van der Waals surface area contributed by atoms with E-state index in [4.69, 9.17) is 14.3 Å². The van der Waals surface area contributed by atoms with Gasteiger partial charge in [-0.3, -0.25) is 20.2 Å². The van der Waals surface area contributed by atoms with Gasteiger partial charge in [0.05, 0.1) is 21.6 Å². The van der Waals surface area contributed by atoms with Crippen molar-refractivity contribution < 1.29 is 18.9 Å². The molecule has 9 nitrogen and oxygen atoms in total. The minimum absolute atomic E-state index is 0.0228. The second-order valence-corrected chi connectivity index (χ2v) is 10.3. The third-order valence-corrected chi connectivity index (χ3v) is 7.83. The van der Waals surface area contributed by atoms with Crippen molar-refractivity contribution in [2.45, 2.75) is 18.3 Å². The Kier molecular flexibility index (Phi) is 5.31. The average molecular weight is 537 g/mol. The van der Waals surface area contributed by atoms with E-state index in [9.17, 15) is 14.9 Å². The number of ether oxygens (including phenoxy) is 1. The number of nitro groups is 1. The predicted octanol–water partition coefficient (Wildman–Crippen LogP) is 6.55. The number of furan rings is 1. The highest BCUT2D eigenvalue weighted by Crippen LogP contribution is 2.52. The molecule has 0 aliphatic carbocycles. The monoisotopic (exact) mass is 536 g/mol. The summed E-state index contributed by atoms with van der Waals surface area (Å²) < 4.78 is 12.6. The van der Waals surface area contributed by atoms with Crippen LogP contribution in [0.4, 0.5) is 10.5 Å². The molecule has 2 atom stereocenters. The Labute approximate surface area is 226 Å². The zero-order valence-corrected chi connectivity index (χ0v) is 21.1. The van der Waals surface area contributed by atoms with Gasteiger partial charge in [-0.25, -0.2) is 5.01 Å². The van der Waals surface area contributed by atoms with Gasteiger partial charge in [0.15, 0.2) is 0 Å². The number of rotatable bonds is 4. The number of hydrogen-bond donors (Lipinski definition) is 1. The number of fused-ring (bicyclic) bond motifs is 4. The van der Waals surface area contributed by atoms with Gasteiger partial charge in [-0.2, -0.15) is 5.10 Å². The van der Waals surface area contributed by atoms with Crippen LogP contribution in [-0.2, 0) is 0 Å². The molecule has 4 heterocycles.